The van der Waals surface area contributed by atoms with E-state index in [1.54, 1.807) is 17.8 Å². The molecule has 0 amide bonds. The maximum Gasteiger partial charge on any atom is 0.124 e. The Morgan fingerprint density at radius 1 is 1.56 bits per heavy atom. The predicted octanol–water partition coefficient (Wildman–Crippen LogP) is 0.843. The third-order valence-corrected chi connectivity index (χ3v) is 1.60. The van der Waals surface area contributed by atoms with E-state index in [1.807, 2.05) is 0 Å². The van der Waals surface area contributed by atoms with Gasteiger partial charge in [0.05, 0.1) is 5.69 Å². The Labute approximate surface area is 58.2 Å². The molecule has 1 rings (SSSR count). The number of anilines is 2. The van der Waals surface area contributed by atoms with Crippen molar-refractivity contribution in [3.8, 4) is 0 Å². The molecule has 0 radical (unpaired) electrons. The molecule has 0 saturated heterocycles. The Morgan fingerprint density at radius 3 is 2.22 bits per heavy atom. The summed E-state index contributed by atoms with van der Waals surface area (Å²) >= 11 is 5.63. The number of hydrogen-bond acceptors (Lipinski definition) is 2. The molecule has 0 atom stereocenters. The molecule has 0 unspecified atom stereocenters. The standard InChI is InChI=1S/C5H8ClN3/c1-9-2-3(7)4(6)5(9)8/h2H,7-8H2,1H3. The average molecular weight is 146 g/mol. The Kier molecular flexibility index (Phi) is 1.29. The summed E-state index contributed by atoms with van der Waals surface area (Å²) in [4.78, 5) is 0. The second-order valence-electron chi connectivity index (χ2n) is 1.89. The van der Waals surface area contributed by atoms with Crippen LogP contribution in [-0.4, -0.2) is 4.57 Å². The van der Waals surface area contributed by atoms with Crippen molar-refractivity contribution in [1.29, 1.82) is 0 Å². The van der Waals surface area contributed by atoms with Crippen LogP contribution in [0, 0.1) is 0 Å². The van der Waals surface area contributed by atoms with Crippen molar-refractivity contribution in [3.05, 3.63) is 11.2 Å². The van der Waals surface area contributed by atoms with Gasteiger partial charge in [-0.2, -0.15) is 0 Å². The number of rotatable bonds is 0. The first kappa shape index (κ1) is 6.29. The molecule has 4 heteroatoms. The van der Waals surface area contributed by atoms with E-state index >= 15 is 0 Å². The lowest BCUT2D eigenvalue weighted by atomic mass is 10.5. The minimum Gasteiger partial charge on any atom is -0.396 e. The fourth-order valence-electron chi connectivity index (χ4n) is 0.638. The minimum atomic E-state index is 0.442. The zero-order valence-electron chi connectivity index (χ0n) is 5.06. The molecule has 1 aromatic rings. The van der Waals surface area contributed by atoms with E-state index < -0.39 is 0 Å². The number of aryl methyl sites for hydroxylation is 1. The van der Waals surface area contributed by atoms with Crippen LogP contribution in [0.15, 0.2) is 6.20 Å². The largest absolute Gasteiger partial charge is 0.396 e. The van der Waals surface area contributed by atoms with Gasteiger partial charge in [0.2, 0.25) is 0 Å². The van der Waals surface area contributed by atoms with Crippen molar-refractivity contribution in [2.75, 3.05) is 11.5 Å². The maximum atomic E-state index is 5.63. The van der Waals surface area contributed by atoms with Crippen molar-refractivity contribution in [3.63, 3.8) is 0 Å². The molecule has 0 aromatic carbocycles. The van der Waals surface area contributed by atoms with E-state index in [0.717, 1.165) is 0 Å². The highest BCUT2D eigenvalue weighted by molar-refractivity contribution is 6.35. The Balaban J connectivity index is 3.29. The maximum absolute atomic E-state index is 5.63. The first-order chi connectivity index (χ1) is 4.13. The molecule has 50 valence electrons. The SMILES string of the molecule is Cn1cc(N)c(Cl)c1N. The summed E-state index contributed by atoms with van der Waals surface area (Å²) < 4.78 is 1.68. The molecular formula is C5H8ClN3. The van der Waals surface area contributed by atoms with Gasteiger partial charge in [-0.1, -0.05) is 11.6 Å². The summed E-state index contributed by atoms with van der Waals surface area (Å²) in [7, 11) is 1.79. The first-order valence-corrected chi connectivity index (χ1v) is 2.86. The summed E-state index contributed by atoms with van der Waals surface area (Å²) in [6.07, 6.45) is 1.68. The van der Waals surface area contributed by atoms with Crippen molar-refractivity contribution in [2.24, 2.45) is 7.05 Å². The van der Waals surface area contributed by atoms with Crippen LogP contribution < -0.4 is 11.5 Å². The molecule has 0 saturated carbocycles. The zero-order valence-corrected chi connectivity index (χ0v) is 5.81. The lowest BCUT2D eigenvalue weighted by Gasteiger charge is -1.92. The molecule has 3 nitrogen and oxygen atoms in total. The van der Waals surface area contributed by atoms with Crippen LogP contribution in [0.2, 0.25) is 5.02 Å². The molecule has 4 N–H and O–H groups in total. The van der Waals surface area contributed by atoms with Gasteiger partial charge < -0.3 is 16.0 Å². The second kappa shape index (κ2) is 1.84. The molecule has 1 aromatic heterocycles. The number of aromatic nitrogens is 1. The average Bonchev–Trinajstić information content (AvgIpc) is 1.98. The predicted molar refractivity (Wildman–Crippen MR) is 39.2 cm³/mol. The van der Waals surface area contributed by atoms with Crippen LogP contribution in [0.5, 0.6) is 0 Å². The molecule has 0 fully saturated rings. The van der Waals surface area contributed by atoms with Crippen molar-refractivity contribution >= 4 is 23.1 Å². The zero-order chi connectivity index (χ0) is 7.02. The Hall–Kier alpha value is -0.830. The van der Waals surface area contributed by atoms with Crippen molar-refractivity contribution in [2.45, 2.75) is 0 Å². The second-order valence-corrected chi connectivity index (χ2v) is 2.27. The fraction of sp³-hybridized carbons (Fsp3) is 0.200. The molecule has 0 aliphatic rings. The monoisotopic (exact) mass is 145 g/mol. The summed E-state index contributed by atoms with van der Waals surface area (Å²) in [6, 6.07) is 0. The Morgan fingerprint density at radius 2 is 2.11 bits per heavy atom. The topological polar surface area (TPSA) is 57.0 Å². The van der Waals surface area contributed by atoms with Crippen LogP contribution in [-0.2, 0) is 7.05 Å². The highest BCUT2D eigenvalue weighted by atomic mass is 35.5. The van der Waals surface area contributed by atoms with Crippen LogP contribution in [0.4, 0.5) is 11.5 Å². The van der Waals surface area contributed by atoms with Crippen LogP contribution in [0.25, 0.3) is 0 Å². The number of nitrogen functional groups attached to an aromatic ring is 2. The summed E-state index contributed by atoms with van der Waals surface area (Å²) in [5, 5.41) is 0.442. The van der Waals surface area contributed by atoms with Gasteiger partial charge >= 0.3 is 0 Å². The van der Waals surface area contributed by atoms with E-state index in [1.165, 1.54) is 0 Å². The molecule has 0 aliphatic heterocycles. The highest BCUT2D eigenvalue weighted by Crippen LogP contribution is 2.26. The third kappa shape index (κ3) is 0.833. The summed E-state index contributed by atoms with van der Waals surface area (Å²) in [6.45, 7) is 0. The highest BCUT2D eigenvalue weighted by Gasteiger charge is 2.03. The molecule has 9 heavy (non-hydrogen) atoms. The van der Waals surface area contributed by atoms with E-state index in [-0.39, 0.29) is 0 Å². The van der Waals surface area contributed by atoms with E-state index in [0.29, 0.717) is 16.5 Å². The van der Waals surface area contributed by atoms with Gasteiger partial charge in [-0.05, 0) is 0 Å². The number of halogens is 1. The number of nitrogens with two attached hydrogens (primary N) is 2. The van der Waals surface area contributed by atoms with Gasteiger partial charge in [-0.25, -0.2) is 0 Å². The lowest BCUT2D eigenvalue weighted by molar-refractivity contribution is 0.942. The molecule has 0 spiro atoms. The van der Waals surface area contributed by atoms with Gasteiger partial charge in [-0.3, -0.25) is 0 Å². The molecule has 0 bridgehead atoms. The van der Waals surface area contributed by atoms with E-state index in [9.17, 15) is 0 Å². The van der Waals surface area contributed by atoms with Gasteiger partial charge in [0.15, 0.2) is 0 Å². The van der Waals surface area contributed by atoms with E-state index in [4.69, 9.17) is 23.1 Å². The minimum absolute atomic E-state index is 0.442. The van der Waals surface area contributed by atoms with Crippen LogP contribution in [0.1, 0.15) is 0 Å². The number of hydrogen-bond donors (Lipinski definition) is 2. The molecule has 1 heterocycles. The quantitative estimate of drug-likeness (QED) is 0.569. The smallest absolute Gasteiger partial charge is 0.124 e. The third-order valence-electron chi connectivity index (χ3n) is 1.19. The summed E-state index contributed by atoms with van der Waals surface area (Å²) in [5.74, 6) is 0.508. The number of nitrogens with zero attached hydrogens (tertiary/aromatic N) is 1. The van der Waals surface area contributed by atoms with Gasteiger partial charge in [0, 0.05) is 13.2 Å². The Bertz CT molecular complexity index is 206. The van der Waals surface area contributed by atoms with Gasteiger partial charge in [0.25, 0.3) is 0 Å². The summed E-state index contributed by atoms with van der Waals surface area (Å²) in [5.41, 5.74) is 11.4. The van der Waals surface area contributed by atoms with Crippen LogP contribution >= 0.6 is 11.6 Å². The first-order valence-electron chi connectivity index (χ1n) is 2.48. The van der Waals surface area contributed by atoms with Crippen molar-refractivity contribution < 1.29 is 0 Å². The molecule has 0 aliphatic carbocycles. The van der Waals surface area contributed by atoms with E-state index in [2.05, 4.69) is 0 Å². The van der Waals surface area contributed by atoms with Gasteiger partial charge in [0.1, 0.15) is 10.8 Å². The van der Waals surface area contributed by atoms with Crippen LogP contribution in [0.3, 0.4) is 0 Å². The molecular weight excluding hydrogens is 138 g/mol. The van der Waals surface area contributed by atoms with Gasteiger partial charge in [-0.15, -0.1) is 0 Å². The van der Waals surface area contributed by atoms with Crippen molar-refractivity contribution in [1.82, 2.24) is 4.57 Å². The lowest BCUT2D eigenvalue weighted by Crippen LogP contribution is -1.93. The normalized spacial score (nSPS) is 10.0. The fourth-order valence-corrected chi connectivity index (χ4v) is 0.820.